The highest BCUT2D eigenvalue weighted by molar-refractivity contribution is 9.10. The Hall–Kier alpha value is -3.27. The lowest BCUT2D eigenvalue weighted by Gasteiger charge is -2.40. The zero-order valence-corrected chi connectivity index (χ0v) is 23.0. The number of halogens is 1. The van der Waals surface area contributed by atoms with Gasteiger partial charge in [-0.2, -0.15) is 14.8 Å². The molecule has 0 spiro atoms. The summed E-state index contributed by atoms with van der Waals surface area (Å²) in [6.07, 6.45) is 4.21. The van der Waals surface area contributed by atoms with Crippen molar-refractivity contribution < 1.29 is 14.3 Å². The molecular formula is C26H31BrN8O3. The SMILES string of the molecule is CN1CCC[C@H]1COc1nc(N2CCN(CC(=O)OCc3ccccc3)[C@@H](CC#N)C2)c2ncc(Br)n2n1. The van der Waals surface area contributed by atoms with E-state index in [1.165, 1.54) is 0 Å². The van der Waals surface area contributed by atoms with Crippen molar-refractivity contribution >= 4 is 33.4 Å². The van der Waals surface area contributed by atoms with Crippen molar-refractivity contribution in [3.8, 4) is 12.1 Å². The van der Waals surface area contributed by atoms with Crippen molar-refractivity contribution in [3.63, 3.8) is 0 Å². The summed E-state index contributed by atoms with van der Waals surface area (Å²) in [6, 6.07) is 12.3. The monoisotopic (exact) mass is 582 g/mol. The Morgan fingerprint density at radius 3 is 2.82 bits per heavy atom. The molecule has 0 radical (unpaired) electrons. The zero-order valence-electron chi connectivity index (χ0n) is 21.4. The molecule has 0 saturated carbocycles. The number of carbonyl (C=O) groups excluding carboxylic acids is 1. The number of ether oxygens (including phenoxy) is 2. The highest BCUT2D eigenvalue weighted by Crippen LogP contribution is 2.27. The topological polar surface area (TPSA) is 112 Å². The van der Waals surface area contributed by atoms with Gasteiger partial charge in [0.25, 0.3) is 0 Å². The number of esters is 1. The van der Waals surface area contributed by atoms with Crippen LogP contribution in [0.4, 0.5) is 5.82 Å². The largest absolute Gasteiger partial charge is 0.461 e. The normalized spacial score (nSPS) is 20.5. The molecule has 5 rings (SSSR count). The van der Waals surface area contributed by atoms with Crippen LogP contribution in [0.25, 0.3) is 5.65 Å². The Morgan fingerprint density at radius 2 is 2.05 bits per heavy atom. The van der Waals surface area contributed by atoms with E-state index >= 15 is 0 Å². The number of aromatic nitrogens is 4. The molecule has 1 aromatic carbocycles. The number of hydrogen-bond donors (Lipinski definition) is 0. The molecule has 2 aliphatic heterocycles. The molecule has 0 bridgehead atoms. The van der Waals surface area contributed by atoms with Crippen molar-refractivity contribution in [1.29, 1.82) is 5.26 Å². The van der Waals surface area contributed by atoms with Gasteiger partial charge in [0, 0.05) is 31.7 Å². The summed E-state index contributed by atoms with van der Waals surface area (Å²) in [5.41, 5.74) is 1.55. The summed E-state index contributed by atoms with van der Waals surface area (Å²) in [4.78, 5) is 28.3. The van der Waals surface area contributed by atoms with Gasteiger partial charge in [-0.15, -0.1) is 5.10 Å². The summed E-state index contributed by atoms with van der Waals surface area (Å²) < 4.78 is 13.9. The Morgan fingerprint density at radius 1 is 1.21 bits per heavy atom. The number of rotatable bonds is 9. The molecule has 2 atom stereocenters. The molecule has 0 unspecified atom stereocenters. The highest BCUT2D eigenvalue weighted by Gasteiger charge is 2.31. The van der Waals surface area contributed by atoms with E-state index < -0.39 is 0 Å². The molecule has 200 valence electrons. The van der Waals surface area contributed by atoms with E-state index in [0.29, 0.717) is 48.4 Å². The van der Waals surface area contributed by atoms with Crippen LogP contribution in [0.3, 0.4) is 0 Å². The Bertz CT molecular complexity index is 1300. The van der Waals surface area contributed by atoms with Gasteiger partial charge in [-0.1, -0.05) is 30.3 Å². The average molecular weight is 583 g/mol. The first-order valence-corrected chi connectivity index (χ1v) is 13.6. The molecule has 11 nitrogen and oxygen atoms in total. The number of benzene rings is 1. The average Bonchev–Trinajstić information content (AvgIpc) is 3.52. The molecule has 2 saturated heterocycles. The lowest BCUT2D eigenvalue weighted by Crippen LogP contribution is -2.54. The van der Waals surface area contributed by atoms with Gasteiger partial charge in [0.15, 0.2) is 11.5 Å². The van der Waals surface area contributed by atoms with Crippen molar-refractivity contribution in [2.45, 2.75) is 38.0 Å². The van der Waals surface area contributed by atoms with E-state index in [4.69, 9.17) is 14.5 Å². The van der Waals surface area contributed by atoms with E-state index in [0.717, 1.165) is 24.9 Å². The molecule has 2 aromatic heterocycles. The third-order valence-electron chi connectivity index (χ3n) is 7.17. The number of fused-ring (bicyclic) bond motifs is 1. The van der Waals surface area contributed by atoms with E-state index in [-0.39, 0.29) is 37.6 Å². The van der Waals surface area contributed by atoms with Crippen LogP contribution < -0.4 is 9.64 Å². The molecule has 38 heavy (non-hydrogen) atoms. The smallest absolute Gasteiger partial charge is 0.336 e. The van der Waals surface area contributed by atoms with Crippen LogP contribution in [0.2, 0.25) is 0 Å². The number of piperazine rings is 1. The number of nitrogens with zero attached hydrogens (tertiary/aromatic N) is 8. The van der Waals surface area contributed by atoms with E-state index in [1.807, 2.05) is 35.2 Å². The second-order valence-corrected chi connectivity index (χ2v) is 10.5. The maximum atomic E-state index is 12.6. The van der Waals surface area contributed by atoms with Crippen molar-refractivity contribution in [2.75, 3.05) is 51.3 Å². The number of imidazole rings is 1. The summed E-state index contributed by atoms with van der Waals surface area (Å²) in [5.74, 6) is 0.342. The van der Waals surface area contributed by atoms with Gasteiger partial charge in [0.05, 0.1) is 25.2 Å². The first kappa shape index (κ1) is 26.3. The summed E-state index contributed by atoms with van der Waals surface area (Å²) >= 11 is 3.52. The minimum Gasteiger partial charge on any atom is -0.461 e. The molecule has 0 amide bonds. The number of carbonyl (C=O) groups is 1. The summed E-state index contributed by atoms with van der Waals surface area (Å²) in [6.45, 7) is 3.64. The maximum Gasteiger partial charge on any atom is 0.336 e. The lowest BCUT2D eigenvalue weighted by atomic mass is 10.1. The van der Waals surface area contributed by atoms with Gasteiger partial charge in [0.2, 0.25) is 0 Å². The molecule has 2 aliphatic rings. The van der Waals surface area contributed by atoms with Gasteiger partial charge in [-0.05, 0) is 47.9 Å². The van der Waals surface area contributed by atoms with Crippen LogP contribution in [0.15, 0.2) is 41.1 Å². The molecule has 2 fully saturated rings. The van der Waals surface area contributed by atoms with E-state index in [2.05, 4.69) is 48.9 Å². The van der Waals surface area contributed by atoms with Crippen molar-refractivity contribution in [3.05, 3.63) is 46.7 Å². The van der Waals surface area contributed by atoms with Gasteiger partial charge in [-0.3, -0.25) is 9.69 Å². The Labute approximate surface area is 230 Å². The number of hydrogen-bond acceptors (Lipinski definition) is 10. The fourth-order valence-electron chi connectivity index (χ4n) is 5.00. The second-order valence-electron chi connectivity index (χ2n) is 9.70. The van der Waals surface area contributed by atoms with Gasteiger partial charge < -0.3 is 19.3 Å². The van der Waals surface area contributed by atoms with Crippen LogP contribution in [-0.4, -0.2) is 93.8 Å². The Kier molecular flexibility index (Phi) is 8.36. The van der Waals surface area contributed by atoms with E-state index in [1.54, 1.807) is 10.7 Å². The molecule has 3 aromatic rings. The van der Waals surface area contributed by atoms with Crippen LogP contribution in [0.5, 0.6) is 6.01 Å². The molecule has 0 aliphatic carbocycles. The van der Waals surface area contributed by atoms with Gasteiger partial charge in [-0.25, -0.2) is 4.98 Å². The zero-order chi connectivity index (χ0) is 26.5. The second kappa shape index (κ2) is 12.1. The van der Waals surface area contributed by atoms with Gasteiger partial charge >= 0.3 is 12.0 Å². The number of nitriles is 1. The maximum absolute atomic E-state index is 12.6. The summed E-state index contributed by atoms with van der Waals surface area (Å²) in [7, 11) is 2.11. The predicted octanol–water partition coefficient (Wildman–Crippen LogP) is 2.51. The van der Waals surface area contributed by atoms with Crippen LogP contribution >= 0.6 is 15.9 Å². The molecular weight excluding hydrogens is 552 g/mol. The minimum atomic E-state index is -0.306. The number of anilines is 1. The lowest BCUT2D eigenvalue weighted by molar-refractivity contribution is -0.147. The molecule has 4 heterocycles. The fraction of sp³-hybridized carbons (Fsp3) is 0.500. The van der Waals surface area contributed by atoms with Crippen molar-refractivity contribution in [2.24, 2.45) is 0 Å². The Balaban J connectivity index is 1.28. The van der Waals surface area contributed by atoms with Crippen LogP contribution in [0.1, 0.15) is 24.8 Å². The minimum absolute atomic E-state index is 0.129. The number of likely N-dealkylation sites (tertiary alicyclic amines) is 1. The first-order valence-electron chi connectivity index (χ1n) is 12.8. The predicted molar refractivity (Wildman–Crippen MR) is 144 cm³/mol. The number of likely N-dealkylation sites (N-methyl/N-ethyl adjacent to an activating group) is 1. The van der Waals surface area contributed by atoms with Gasteiger partial charge in [0.1, 0.15) is 17.8 Å². The summed E-state index contributed by atoms with van der Waals surface area (Å²) in [5, 5.41) is 14.0. The van der Waals surface area contributed by atoms with Crippen molar-refractivity contribution in [1.82, 2.24) is 29.4 Å². The standard InChI is InChI=1S/C26H31BrN8O3/c1-32-11-5-8-21(32)18-38-26-30-25(24-29-14-22(27)35(24)31-26)34-13-12-33(20(15-34)9-10-28)16-23(36)37-17-19-6-3-2-4-7-19/h2-4,6-7,14,20-21H,5,8-9,11-13,15-18H2,1H3/t20-,21-/m0/s1. The third kappa shape index (κ3) is 6.06. The third-order valence-corrected chi connectivity index (χ3v) is 7.71. The molecule has 0 N–H and O–H groups in total. The molecule has 12 heteroatoms. The van der Waals surface area contributed by atoms with Crippen LogP contribution in [-0.2, 0) is 16.1 Å². The van der Waals surface area contributed by atoms with Crippen LogP contribution in [0, 0.1) is 11.3 Å². The highest BCUT2D eigenvalue weighted by atomic mass is 79.9. The van der Waals surface area contributed by atoms with E-state index in [9.17, 15) is 10.1 Å². The first-order chi connectivity index (χ1) is 18.5. The fourth-order valence-corrected chi connectivity index (χ4v) is 5.35. The quantitative estimate of drug-likeness (QED) is 0.349.